The van der Waals surface area contributed by atoms with Gasteiger partial charge < -0.3 is 5.11 Å². The van der Waals surface area contributed by atoms with Crippen LogP contribution >= 0.6 is 0 Å². The van der Waals surface area contributed by atoms with E-state index in [-0.39, 0.29) is 17.3 Å². The van der Waals surface area contributed by atoms with Gasteiger partial charge in [-0.15, -0.1) is 6.42 Å². The lowest BCUT2D eigenvalue weighted by Gasteiger charge is -2.46. The Hall–Kier alpha value is -2.44. The lowest BCUT2D eigenvalue weighted by Crippen LogP contribution is -2.61. The SMILES string of the molecule is C#Cc1ccc(F)c([C@]2(C)C[SH]3(=O)NCCCCN3C(NC(=O)O)=N2)c1. The first-order valence-corrected chi connectivity index (χ1v) is 10.1. The van der Waals surface area contributed by atoms with E-state index in [1.165, 1.54) is 22.5 Å². The van der Waals surface area contributed by atoms with Gasteiger partial charge in [0.25, 0.3) is 0 Å². The number of amides is 1. The fraction of sp³-hybridized carbons (Fsp3) is 0.412. The molecule has 3 N–H and O–H groups in total. The summed E-state index contributed by atoms with van der Waals surface area (Å²) in [4.78, 5) is 15.7. The van der Waals surface area contributed by atoms with Crippen molar-refractivity contribution in [3.63, 3.8) is 0 Å². The molecule has 1 atom stereocenters. The van der Waals surface area contributed by atoms with E-state index < -0.39 is 27.8 Å². The van der Waals surface area contributed by atoms with Crippen LogP contribution in [0.25, 0.3) is 0 Å². The van der Waals surface area contributed by atoms with Crippen LogP contribution in [0.4, 0.5) is 9.18 Å². The van der Waals surface area contributed by atoms with Crippen molar-refractivity contribution in [2.24, 2.45) is 4.99 Å². The molecular weight excluding hydrogens is 359 g/mol. The number of nitrogens with one attached hydrogen (secondary N) is 2. The first-order chi connectivity index (χ1) is 12.3. The van der Waals surface area contributed by atoms with Crippen LogP contribution in [0.15, 0.2) is 23.2 Å². The number of terminal acetylenes is 1. The molecule has 0 saturated carbocycles. The van der Waals surface area contributed by atoms with Gasteiger partial charge in [0.1, 0.15) is 11.4 Å². The zero-order valence-corrected chi connectivity index (χ0v) is 15.2. The minimum absolute atomic E-state index is 0.0329. The maximum absolute atomic E-state index is 14.6. The van der Waals surface area contributed by atoms with E-state index in [9.17, 15) is 13.4 Å². The topological polar surface area (TPSA) is 94.0 Å². The lowest BCUT2D eigenvalue weighted by atomic mass is 9.92. The number of halogens is 1. The predicted molar refractivity (Wildman–Crippen MR) is 98.6 cm³/mol. The number of guanidine groups is 1. The van der Waals surface area contributed by atoms with Crippen LogP contribution in [0.3, 0.4) is 0 Å². The molecule has 3 rings (SSSR count). The highest BCUT2D eigenvalue weighted by Gasteiger charge is 2.44. The van der Waals surface area contributed by atoms with Gasteiger partial charge in [-0.3, -0.25) is 13.8 Å². The maximum Gasteiger partial charge on any atom is 0.411 e. The normalized spacial score (nSPS) is 25.9. The molecule has 0 radical (unpaired) electrons. The third-order valence-electron chi connectivity index (χ3n) is 4.60. The predicted octanol–water partition coefficient (Wildman–Crippen LogP) is 1.19. The molecular formula is C17H21FN4O3S. The molecule has 9 heteroatoms. The molecule has 1 aromatic rings. The lowest BCUT2D eigenvalue weighted by molar-refractivity contribution is 0.199. The molecule has 0 spiro atoms. The first kappa shape index (κ1) is 18.4. The second-order valence-corrected chi connectivity index (χ2v) is 9.09. The van der Waals surface area contributed by atoms with Gasteiger partial charge in [-0.05, 0) is 38.0 Å². The summed E-state index contributed by atoms with van der Waals surface area (Å²) in [6.07, 6.45) is 5.64. The minimum Gasteiger partial charge on any atom is -0.465 e. The van der Waals surface area contributed by atoms with Gasteiger partial charge in [0.15, 0.2) is 0 Å². The van der Waals surface area contributed by atoms with Crippen molar-refractivity contribution in [3.05, 3.63) is 35.1 Å². The molecule has 1 fully saturated rings. The van der Waals surface area contributed by atoms with Crippen molar-refractivity contribution >= 4 is 22.4 Å². The number of hydrogen-bond donors (Lipinski definition) is 4. The summed E-state index contributed by atoms with van der Waals surface area (Å²) < 4.78 is 32.7. The number of benzene rings is 1. The van der Waals surface area contributed by atoms with E-state index in [2.05, 4.69) is 21.0 Å². The van der Waals surface area contributed by atoms with Crippen LogP contribution in [0.1, 0.15) is 30.9 Å². The van der Waals surface area contributed by atoms with Crippen molar-refractivity contribution in [2.45, 2.75) is 25.3 Å². The van der Waals surface area contributed by atoms with Crippen molar-refractivity contribution in [2.75, 3.05) is 18.8 Å². The monoisotopic (exact) mass is 380 g/mol. The molecule has 1 aromatic carbocycles. The number of carboxylic acid groups (broad SMARTS) is 1. The zero-order valence-electron chi connectivity index (χ0n) is 14.3. The zero-order chi connectivity index (χ0) is 18.9. The fourth-order valence-corrected chi connectivity index (χ4v) is 6.29. The van der Waals surface area contributed by atoms with E-state index >= 15 is 0 Å². The average Bonchev–Trinajstić information content (AvgIpc) is 2.75. The Morgan fingerprint density at radius 1 is 1.54 bits per heavy atom. The van der Waals surface area contributed by atoms with Crippen LogP contribution < -0.4 is 10.0 Å². The largest absolute Gasteiger partial charge is 0.465 e. The summed E-state index contributed by atoms with van der Waals surface area (Å²) >= 11 is 0. The van der Waals surface area contributed by atoms with E-state index in [1.54, 1.807) is 6.92 Å². The Morgan fingerprint density at radius 3 is 3.00 bits per heavy atom. The highest BCUT2D eigenvalue weighted by molar-refractivity contribution is 7.99. The molecule has 2 aliphatic rings. The summed E-state index contributed by atoms with van der Waals surface area (Å²) in [5, 5.41) is 11.4. The Bertz CT molecular complexity index is 866. The average molecular weight is 380 g/mol. The van der Waals surface area contributed by atoms with Gasteiger partial charge in [0.2, 0.25) is 5.96 Å². The molecule has 0 aliphatic carbocycles. The quantitative estimate of drug-likeness (QED) is 0.436. The molecule has 0 aromatic heterocycles. The second-order valence-electron chi connectivity index (χ2n) is 6.58. The summed E-state index contributed by atoms with van der Waals surface area (Å²) in [7, 11) is -3.20. The van der Waals surface area contributed by atoms with Crippen LogP contribution in [0.2, 0.25) is 0 Å². The van der Waals surface area contributed by atoms with E-state index in [4.69, 9.17) is 11.5 Å². The van der Waals surface area contributed by atoms with Crippen molar-refractivity contribution in [1.29, 1.82) is 0 Å². The molecule has 7 nitrogen and oxygen atoms in total. The summed E-state index contributed by atoms with van der Waals surface area (Å²) in [5.74, 6) is 1.93. The van der Waals surface area contributed by atoms with E-state index in [0.29, 0.717) is 18.7 Å². The van der Waals surface area contributed by atoms with Gasteiger partial charge >= 0.3 is 6.09 Å². The third-order valence-corrected chi connectivity index (χ3v) is 7.53. The van der Waals surface area contributed by atoms with E-state index in [0.717, 1.165) is 12.8 Å². The third kappa shape index (κ3) is 3.30. The van der Waals surface area contributed by atoms with Gasteiger partial charge in [-0.2, -0.15) is 0 Å². The Labute approximate surface area is 152 Å². The molecule has 1 amide bonds. The van der Waals surface area contributed by atoms with Gasteiger partial charge in [-0.1, -0.05) is 5.92 Å². The van der Waals surface area contributed by atoms with Crippen LogP contribution in [-0.2, 0) is 15.8 Å². The Balaban J connectivity index is 2.16. The highest BCUT2D eigenvalue weighted by Crippen LogP contribution is 2.36. The van der Waals surface area contributed by atoms with Gasteiger partial charge in [0.05, 0.1) is 5.75 Å². The summed E-state index contributed by atoms with van der Waals surface area (Å²) in [5.41, 5.74) is -0.559. The van der Waals surface area contributed by atoms with Crippen molar-refractivity contribution in [1.82, 2.24) is 14.3 Å². The summed E-state index contributed by atoms with van der Waals surface area (Å²) in [6.45, 7) is 2.59. The standard InChI is InChI=1S/C17H21FN4O3S/c1-3-12-6-7-14(18)13(10-12)17(2)11-26(25)19-8-4-5-9-22(26)15(21-17)20-16(23)24/h1,6-7,10,26H,4-5,8-9,11H2,2H3,(H,19,25)(H,20,21)(H,23,24)/t17-/m0/s1. The van der Waals surface area contributed by atoms with Crippen molar-refractivity contribution in [3.8, 4) is 12.3 Å². The second kappa shape index (κ2) is 6.70. The maximum atomic E-state index is 14.6. The molecule has 1 saturated heterocycles. The number of nitrogens with zero attached hydrogens (tertiary/aromatic N) is 2. The molecule has 0 unspecified atom stereocenters. The van der Waals surface area contributed by atoms with Gasteiger partial charge in [0, 0.05) is 34.5 Å². The minimum atomic E-state index is -3.20. The molecule has 2 heterocycles. The smallest absolute Gasteiger partial charge is 0.411 e. The molecule has 0 bridgehead atoms. The molecule has 2 aliphatic heterocycles. The number of carbonyl (C=O) groups is 1. The number of fused-ring (bicyclic) bond motifs is 1. The summed E-state index contributed by atoms with van der Waals surface area (Å²) in [6, 6.07) is 4.22. The van der Waals surface area contributed by atoms with Crippen molar-refractivity contribution < 1.29 is 18.5 Å². The molecule has 140 valence electrons. The highest BCUT2D eigenvalue weighted by atomic mass is 32.3. The number of aliphatic imine (C=N–C) groups is 1. The van der Waals surface area contributed by atoms with Crippen LogP contribution in [-0.4, -0.2) is 44.5 Å². The van der Waals surface area contributed by atoms with Crippen LogP contribution in [0, 0.1) is 18.2 Å². The first-order valence-electron chi connectivity index (χ1n) is 8.26. The molecule has 26 heavy (non-hydrogen) atoms. The number of thiol groups is 1. The number of rotatable bonds is 1. The Kier molecular flexibility index (Phi) is 4.73. The van der Waals surface area contributed by atoms with E-state index in [1.807, 2.05) is 0 Å². The number of hydrogen-bond acceptors (Lipinski definition) is 3. The fourth-order valence-electron chi connectivity index (χ4n) is 3.39. The Morgan fingerprint density at radius 2 is 2.31 bits per heavy atom. The van der Waals surface area contributed by atoms with Gasteiger partial charge in [-0.25, -0.2) is 18.9 Å². The van der Waals surface area contributed by atoms with Crippen LogP contribution in [0.5, 0.6) is 0 Å².